The van der Waals surface area contributed by atoms with E-state index in [-0.39, 0.29) is 10.6 Å². The molecule has 0 aromatic heterocycles. The Labute approximate surface area is 143 Å². The van der Waals surface area contributed by atoms with Crippen LogP contribution in [0, 0.1) is 17.0 Å². The normalized spacial score (nSPS) is 10.8. The Balaban J connectivity index is 2.47. The molecule has 2 rings (SSSR count). The van der Waals surface area contributed by atoms with Crippen molar-refractivity contribution in [2.45, 2.75) is 6.92 Å². The topological polar surface area (TPSA) is 94.2 Å². The van der Waals surface area contributed by atoms with Crippen molar-refractivity contribution in [3.05, 3.63) is 50.5 Å². The Hall–Kier alpha value is -2.80. The van der Waals surface area contributed by atoms with Crippen LogP contribution in [0.2, 0.25) is 5.02 Å². The standard InChI is InChI=1S/C16H15ClN2O5/c1-9-4-14(23-2)15(24-3)7-12(9)18-8-10-5-11(17)6-13(16(10)20)19(21)22/h4-8,20H,1-3H3. The molecule has 126 valence electrons. The van der Waals surface area contributed by atoms with E-state index in [0.717, 1.165) is 11.6 Å². The fraction of sp³-hybridized carbons (Fsp3) is 0.188. The summed E-state index contributed by atoms with van der Waals surface area (Å²) in [5.41, 5.74) is 1.03. The smallest absolute Gasteiger partial charge is 0.312 e. The van der Waals surface area contributed by atoms with Crippen LogP contribution in [-0.2, 0) is 0 Å². The summed E-state index contributed by atoms with van der Waals surface area (Å²) >= 11 is 5.85. The minimum atomic E-state index is -0.708. The summed E-state index contributed by atoms with van der Waals surface area (Å²) in [4.78, 5) is 14.5. The highest BCUT2D eigenvalue weighted by molar-refractivity contribution is 6.31. The highest BCUT2D eigenvalue weighted by atomic mass is 35.5. The van der Waals surface area contributed by atoms with Crippen molar-refractivity contribution < 1.29 is 19.5 Å². The Morgan fingerprint density at radius 3 is 2.42 bits per heavy atom. The van der Waals surface area contributed by atoms with Crippen molar-refractivity contribution in [3.63, 3.8) is 0 Å². The predicted octanol–water partition coefficient (Wildman–Crippen LogP) is 4.03. The molecule has 8 heteroatoms. The lowest BCUT2D eigenvalue weighted by molar-refractivity contribution is -0.385. The van der Waals surface area contributed by atoms with Crippen LogP contribution in [0.25, 0.3) is 0 Å². The van der Waals surface area contributed by atoms with Gasteiger partial charge in [-0.2, -0.15) is 0 Å². The highest BCUT2D eigenvalue weighted by Crippen LogP contribution is 2.35. The fourth-order valence-corrected chi connectivity index (χ4v) is 2.31. The molecule has 1 N–H and O–H groups in total. The predicted molar refractivity (Wildman–Crippen MR) is 91.3 cm³/mol. The molecule has 0 saturated heterocycles. The number of phenolic OH excluding ortho intramolecular Hbond substituents is 1. The van der Waals surface area contributed by atoms with Crippen LogP contribution >= 0.6 is 11.6 Å². The lowest BCUT2D eigenvalue weighted by atomic mass is 10.1. The number of nitro benzene ring substituents is 1. The summed E-state index contributed by atoms with van der Waals surface area (Å²) in [7, 11) is 3.04. The summed E-state index contributed by atoms with van der Waals surface area (Å²) in [5.74, 6) is 0.568. The van der Waals surface area contributed by atoms with E-state index in [1.54, 1.807) is 12.1 Å². The van der Waals surface area contributed by atoms with Gasteiger partial charge < -0.3 is 14.6 Å². The molecule has 0 bridgehead atoms. The number of nitrogens with zero attached hydrogens (tertiary/aromatic N) is 2. The Morgan fingerprint density at radius 2 is 1.83 bits per heavy atom. The second kappa shape index (κ2) is 7.18. The summed E-state index contributed by atoms with van der Waals surface area (Å²) < 4.78 is 10.4. The molecule has 0 aliphatic rings. The molecule has 2 aromatic rings. The number of halogens is 1. The van der Waals surface area contributed by atoms with Crippen LogP contribution in [0.4, 0.5) is 11.4 Å². The Morgan fingerprint density at radius 1 is 1.21 bits per heavy atom. The molecule has 0 radical (unpaired) electrons. The summed E-state index contributed by atoms with van der Waals surface area (Å²) in [5, 5.41) is 21.0. The third kappa shape index (κ3) is 3.57. The van der Waals surface area contributed by atoms with Crippen molar-refractivity contribution in [3.8, 4) is 17.2 Å². The first-order valence-corrected chi connectivity index (χ1v) is 7.18. The number of nitro groups is 1. The average molecular weight is 351 g/mol. The zero-order valence-corrected chi connectivity index (χ0v) is 14.0. The van der Waals surface area contributed by atoms with Gasteiger partial charge in [0, 0.05) is 28.9 Å². The van der Waals surface area contributed by atoms with Crippen LogP contribution in [0.3, 0.4) is 0 Å². The van der Waals surface area contributed by atoms with Crippen molar-refractivity contribution in [1.82, 2.24) is 0 Å². The van der Waals surface area contributed by atoms with E-state index in [0.29, 0.717) is 17.2 Å². The van der Waals surface area contributed by atoms with E-state index in [1.165, 1.54) is 26.5 Å². The molecule has 7 nitrogen and oxygen atoms in total. The Kier molecular flexibility index (Phi) is 5.25. The number of aryl methyl sites for hydroxylation is 1. The molecule has 0 atom stereocenters. The first-order chi connectivity index (χ1) is 11.4. The molecule has 0 aliphatic carbocycles. The minimum Gasteiger partial charge on any atom is -0.502 e. The van der Waals surface area contributed by atoms with Crippen LogP contribution < -0.4 is 9.47 Å². The summed E-state index contributed by atoms with van der Waals surface area (Å²) in [6.45, 7) is 1.83. The molecule has 0 fully saturated rings. The largest absolute Gasteiger partial charge is 0.502 e. The zero-order chi connectivity index (χ0) is 17.9. The second-order valence-corrected chi connectivity index (χ2v) is 5.31. The highest BCUT2D eigenvalue weighted by Gasteiger charge is 2.18. The number of rotatable bonds is 5. The number of aliphatic imine (C=N–C) groups is 1. The number of phenols is 1. The number of methoxy groups -OCH3 is 2. The average Bonchev–Trinajstić information content (AvgIpc) is 2.55. The molecular formula is C16H15ClN2O5. The van der Waals surface area contributed by atoms with Gasteiger partial charge >= 0.3 is 5.69 Å². The quantitative estimate of drug-likeness (QED) is 0.499. The molecular weight excluding hydrogens is 336 g/mol. The first kappa shape index (κ1) is 17.6. The maximum absolute atomic E-state index is 10.9. The third-order valence-electron chi connectivity index (χ3n) is 3.33. The summed E-state index contributed by atoms with van der Waals surface area (Å²) in [6, 6.07) is 5.89. The molecule has 24 heavy (non-hydrogen) atoms. The number of hydrogen-bond acceptors (Lipinski definition) is 6. The Bertz CT molecular complexity index is 821. The van der Waals surface area contributed by atoms with Gasteiger partial charge in [-0.05, 0) is 24.6 Å². The van der Waals surface area contributed by atoms with Gasteiger partial charge in [0.2, 0.25) is 5.75 Å². The van der Waals surface area contributed by atoms with Crippen LogP contribution in [0.5, 0.6) is 17.2 Å². The van der Waals surface area contributed by atoms with Gasteiger partial charge in [-0.15, -0.1) is 0 Å². The molecule has 0 aliphatic heterocycles. The third-order valence-corrected chi connectivity index (χ3v) is 3.54. The number of hydrogen-bond donors (Lipinski definition) is 1. The number of aromatic hydroxyl groups is 1. The van der Waals surface area contributed by atoms with E-state index in [9.17, 15) is 15.2 Å². The lowest BCUT2D eigenvalue weighted by Crippen LogP contribution is -1.93. The maximum atomic E-state index is 10.9. The molecule has 0 amide bonds. The van der Waals surface area contributed by atoms with Gasteiger partial charge in [0.15, 0.2) is 11.5 Å². The van der Waals surface area contributed by atoms with Crippen LogP contribution in [-0.4, -0.2) is 30.5 Å². The number of ether oxygens (including phenoxy) is 2. The fourth-order valence-electron chi connectivity index (χ4n) is 2.09. The minimum absolute atomic E-state index is 0.130. The molecule has 0 saturated carbocycles. The van der Waals surface area contributed by atoms with Gasteiger partial charge in [0.1, 0.15) is 0 Å². The van der Waals surface area contributed by atoms with E-state index in [2.05, 4.69) is 4.99 Å². The monoisotopic (exact) mass is 350 g/mol. The van der Waals surface area contributed by atoms with Gasteiger partial charge in [-0.3, -0.25) is 15.1 Å². The molecule has 0 unspecified atom stereocenters. The van der Waals surface area contributed by atoms with Gasteiger partial charge in [0.05, 0.1) is 24.8 Å². The number of benzene rings is 2. The van der Waals surface area contributed by atoms with Crippen molar-refractivity contribution in [2.24, 2.45) is 4.99 Å². The lowest BCUT2D eigenvalue weighted by Gasteiger charge is -2.10. The van der Waals surface area contributed by atoms with Crippen molar-refractivity contribution in [1.29, 1.82) is 0 Å². The zero-order valence-electron chi connectivity index (χ0n) is 13.2. The molecule has 2 aromatic carbocycles. The molecule has 0 heterocycles. The second-order valence-electron chi connectivity index (χ2n) is 4.87. The van der Waals surface area contributed by atoms with Gasteiger partial charge in [0.25, 0.3) is 0 Å². The van der Waals surface area contributed by atoms with Crippen LogP contribution in [0.1, 0.15) is 11.1 Å². The van der Waals surface area contributed by atoms with E-state index < -0.39 is 16.4 Å². The van der Waals surface area contributed by atoms with Crippen molar-refractivity contribution in [2.75, 3.05) is 14.2 Å². The first-order valence-electron chi connectivity index (χ1n) is 6.81. The van der Waals surface area contributed by atoms with E-state index >= 15 is 0 Å². The SMILES string of the molecule is COc1cc(C)c(N=Cc2cc(Cl)cc([N+](=O)[O-])c2O)cc1OC. The summed E-state index contributed by atoms with van der Waals surface area (Å²) in [6.07, 6.45) is 1.31. The van der Waals surface area contributed by atoms with E-state index in [4.69, 9.17) is 21.1 Å². The van der Waals surface area contributed by atoms with Gasteiger partial charge in [-0.1, -0.05) is 11.6 Å². The molecule has 0 spiro atoms. The van der Waals surface area contributed by atoms with Crippen LogP contribution in [0.15, 0.2) is 29.3 Å². The van der Waals surface area contributed by atoms with E-state index in [1.807, 2.05) is 6.92 Å². The van der Waals surface area contributed by atoms with Gasteiger partial charge in [-0.25, -0.2) is 0 Å². The maximum Gasteiger partial charge on any atom is 0.312 e. The van der Waals surface area contributed by atoms with Crippen molar-refractivity contribution >= 4 is 29.2 Å².